The zero-order chi connectivity index (χ0) is 12.5. The molecule has 1 heterocycles. The second kappa shape index (κ2) is 4.27. The third kappa shape index (κ3) is 1.69. The fourth-order valence-corrected chi connectivity index (χ4v) is 2.11. The lowest BCUT2D eigenvalue weighted by atomic mass is 10.2. The van der Waals surface area contributed by atoms with E-state index in [0.717, 1.165) is 0 Å². The topological polar surface area (TPSA) is 34.9 Å². The van der Waals surface area contributed by atoms with Gasteiger partial charge in [-0.15, -0.1) is 0 Å². The molecule has 2 aromatic carbocycles. The monoisotopic (exact) mass is 256 g/mol. The summed E-state index contributed by atoms with van der Waals surface area (Å²) in [6.45, 7) is 0. The van der Waals surface area contributed by atoms with Crippen LogP contribution in [0, 0.1) is 0 Å². The Balaban J connectivity index is 2.35. The zero-order valence-electron chi connectivity index (χ0n) is 9.38. The molecule has 0 aliphatic rings. The summed E-state index contributed by atoms with van der Waals surface area (Å²) >= 11 is 6.09. The van der Waals surface area contributed by atoms with Crippen molar-refractivity contribution in [3.05, 3.63) is 70.2 Å². The predicted octanol–water partition coefficient (Wildman–Crippen LogP) is 3.04. The Kier molecular flexibility index (Phi) is 2.61. The van der Waals surface area contributed by atoms with Gasteiger partial charge in [0.15, 0.2) is 0 Å². The molecule has 0 atom stereocenters. The van der Waals surface area contributed by atoms with Crippen molar-refractivity contribution in [3.63, 3.8) is 0 Å². The number of para-hydroxylation sites is 2. The molecule has 0 unspecified atom stereocenters. The Morgan fingerprint density at radius 1 is 1.00 bits per heavy atom. The van der Waals surface area contributed by atoms with Crippen LogP contribution in [0.1, 0.15) is 0 Å². The fraction of sp³-hybridized carbons (Fsp3) is 0. The van der Waals surface area contributed by atoms with E-state index >= 15 is 0 Å². The van der Waals surface area contributed by atoms with Crippen LogP contribution in [0.3, 0.4) is 0 Å². The molecule has 0 aliphatic carbocycles. The van der Waals surface area contributed by atoms with Crippen molar-refractivity contribution in [2.45, 2.75) is 0 Å². The molecule has 0 fully saturated rings. The summed E-state index contributed by atoms with van der Waals surface area (Å²) in [6, 6.07) is 14.5. The van der Waals surface area contributed by atoms with E-state index in [1.807, 2.05) is 30.3 Å². The standard InChI is InChI=1S/C14H9ClN2O/c15-11-6-2-4-8-13(11)17-9-16-12-7-3-1-5-10(12)14(17)18/h1-9H. The minimum absolute atomic E-state index is 0.117. The summed E-state index contributed by atoms with van der Waals surface area (Å²) in [5, 5.41) is 1.11. The SMILES string of the molecule is O=c1c2ccccc2ncn1-c1ccccc1Cl. The molecule has 0 amide bonds. The fourth-order valence-electron chi connectivity index (χ4n) is 1.89. The van der Waals surface area contributed by atoms with Crippen LogP contribution in [0.2, 0.25) is 5.02 Å². The van der Waals surface area contributed by atoms with Crippen molar-refractivity contribution in [2.75, 3.05) is 0 Å². The van der Waals surface area contributed by atoms with Crippen LogP contribution in [-0.2, 0) is 0 Å². The normalized spacial score (nSPS) is 10.7. The molecule has 0 N–H and O–H groups in total. The molecule has 1 aromatic heterocycles. The van der Waals surface area contributed by atoms with Crippen molar-refractivity contribution in [3.8, 4) is 5.69 Å². The summed E-state index contributed by atoms with van der Waals surface area (Å²) < 4.78 is 1.46. The molecule has 3 nitrogen and oxygen atoms in total. The van der Waals surface area contributed by atoms with E-state index in [1.165, 1.54) is 10.9 Å². The van der Waals surface area contributed by atoms with Crippen molar-refractivity contribution < 1.29 is 0 Å². The van der Waals surface area contributed by atoms with Crippen LogP contribution in [0.4, 0.5) is 0 Å². The molecule has 4 heteroatoms. The van der Waals surface area contributed by atoms with Gasteiger partial charge in [0.2, 0.25) is 0 Å². The van der Waals surface area contributed by atoms with Gasteiger partial charge in [-0.05, 0) is 24.3 Å². The van der Waals surface area contributed by atoms with Crippen LogP contribution < -0.4 is 5.56 Å². The van der Waals surface area contributed by atoms with Gasteiger partial charge < -0.3 is 0 Å². The maximum Gasteiger partial charge on any atom is 0.265 e. The molecule has 0 spiro atoms. The zero-order valence-corrected chi connectivity index (χ0v) is 10.1. The van der Waals surface area contributed by atoms with Gasteiger partial charge in [-0.2, -0.15) is 0 Å². The number of benzene rings is 2. The summed E-state index contributed by atoms with van der Waals surface area (Å²) in [5.74, 6) is 0. The third-order valence-electron chi connectivity index (χ3n) is 2.78. The number of halogens is 1. The van der Waals surface area contributed by atoms with Crippen molar-refractivity contribution in [2.24, 2.45) is 0 Å². The largest absolute Gasteiger partial charge is 0.268 e. The van der Waals surface area contributed by atoms with Gasteiger partial charge in [-0.25, -0.2) is 4.98 Å². The van der Waals surface area contributed by atoms with E-state index in [4.69, 9.17) is 11.6 Å². The lowest BCUT2D eigenvalue weighted by molar-refractivity contribution is 0.963. The first-order valence-corrected chi connectivity index (χ1v) is 5.86. The van der Waals surface area contributed by atoms with Crippen LogP contribution >= 0.6 is 11.6 Å². The minimum Gasteiger partial charge on any atom is -0.268 e. The molecule has 0 radical (unpaired) electrons. The minimum atomic E-state index is -0.117. The lowest BCUT2D eigenvalue weighted by Gasteiger charge is -2.07. The van der Waals surface area contributed by atoms with E-state index in [2.05, 4.69) is 4.98 Å². The van der Waals surface area contributed by atoms with E-state index in [1.54, 1.807) is 18.2 Å². The van der Waals surface area contributed by atoms with Gasteiger partial charge in [0, 0.05) is 0 Å². The quantitative estimate of drug-likeness (QED) is 0.671. The molecule has 3 aromatic rings. The first-order valence-electron chi connectivity index (χ1n) is 5.49. The van der Waals surface area contributed by atoms with E-state index in [-0.39, 0.29) is 5.56 Å². The number of hydrogen-bond acceptors (Lipinski definition) is 2. The number of rotatable bonds is 1. The van der Waals surface area contributed by atoms with E-state index in [0.29, 0.717) is 21.6 Å². The lowest BCUT2D eigenvalue weighted by Crippen LogP contribution is -2.18. The Morgan fingerprint density at radius 2 is 1.72 bits per heavy atom. The second-order valence-electron chi connectivity index (χ2n) is 3.89. The molecule has 0 aliphatic heterocycles. The third-order valence-corrected chi connectivity index (χ3v) is 3.10. The molecule has 18 heavy (non-hydrogen) atoms. The van der Waals surface area contributed by atoms with Gasteiger partial charge in [-0.1, -0.05) is 35.9 Å². The van der Waals surface area contributed by atoms with Gasteiger partial charge >= 0.3 is 0 Å². The Bertz CT molecular complexity index is 780. The first kappa shape index (κ1) is 11.0. The molecule has 88 valence electrons. The molecule has 3 rings (SSSR count). The van der Waals surface area contributed by atoms with E-state index in [9.17, 15) is 4.79 Å². The molecular formula is C14H9ClN2O. The number of nitrogens with zero attached hydrogens (tertiary/aromatic N) is 2. The van der Waals surface area contributed by atoms with Crippen LogP contribution in [0.25, 0.3) is 16.6 Å². The molecular weight excluding hydrogens is 248 g/mol. The molecule has 0 saturated heterocycles. The smallest absolute Gasteiger partial charge is 0.265 e. The van der Waals surface area contributed by atoms with Crippen molar-refractivity contribution >= 4 is 22.5 Å². The maximum atomic E-state index is 12.3. The summed E-state index contributed by atoms with van der Waals surface area (Å²) in [4.78, 5) is 16.6. The predicted molar refractivity (Wildman–Crippen MR) is 72.4 cm³/mol. The summed E-state index contributed by atoms with van der Waals surface area (Å²) in [6.07, 6.45) is 1.51. The Hall–Kier alpha value is -2.13. The number of fused-ring (bicyclic) bond motifs is 1. The Morgan fingerprint density at radius 3 is 2.56 bits per heavy atom. The average molecular weight is 257 g/mol. The highest BCUT2D eigenvalue weighted by Crippen LogP contribution is 2.18. The maximum absolute atomic E-state index is 12.3. The molecule has 0 bridgehead atoms. The highest BCUT2D eigenvalue weighted by Gasteiger charge is 2.07. The van der Waals surface area contributed by atoms with Gasteiger partial charge in [-0.3, -0.25) is 9.36 Å². The Labute approximate surface area is 108 Å². The van der Waals surface area contributed by atoms with Crippen LogP contribution in [0.15, 0.2) is 59.7 Å². The molecule has 0 saturated carbocycles. The highest BCUT2D eigenvalue weighted by molar-refractivity contribution is 6.32. The summed E-state index contributed by atoms with van der Waals surface area (Å²) in [5.41, 5.74) is 1.21. The second-order valence-corrected chi connectivity index (χ2v) is 4.30. The first-order chi connectivity index (χ1) is 8.77. The van der Waals surface area contributed by atoms with Gasteiger partial charge in [0.1, 0.15) is 6.33 Å². The van der Waals surface area contributed by atoms with Crippen LogP contribution in [0.5, 0.6) is 0 Å². The van der Waals surface area contributed by atoms with Gasteiger partial charge in [0.25, 0.3) is 5.56 Å². The average Bonchev–Trinajstić information content (AvgIpc) is 2.41. The van der Waals surface area contributed by atoms with Crippen molar-refractivity contribution in [1.82, 2.24) is 9.55 Å². The highest BCUT2D eigenvalue weighted by atomic mass is 35.5. The van der Waals surface area contributed by atoms with E-state index < -0.39 is 0 Å². The number of aromatic nitrogens is 2. The number of hydrogen-bond donors (Lipinski definition) is 0. The van der Waals surface area contributed by atoms with Gasteiger partial charge in [0.05, 0.1) is 21.6 Å². The van der Waals surface area contributed by atoms with Crippen molar-refractivity contribution in [1.29, 1.82) is 0 Å². The van der Waals surface area contributed by atoms with Crippen LogP contribution in [-0.4, -0.2) is 9.55 Å². The summed E-state index contributed by atoms with van der Waals surface area (Å²) in [7, 11) is 0.